The van der Waals surface area contributed by atoms with Crippen molar-refractivity contribution in [3.63, 3.8) is 0 Å². The van der Waals surface area contributed by atoms with E-state index in [4.69, 9.17) is 4.74 Å². The SMILES string of the molecule is C[C@H](NS(=O)(=O)N(C)C)C(=O)OC(C)(C)C. The average molecular weight is 252 g/mol. The molecule has 0 heterocycles. The minimum atomic E-state index is -3.62. The fourth-order valence-corrected chi connectivity index (χ4v) is 1.52. The summed E-state index contributed by atoms with van der Waals surface area (Å²) < 4.78 is 31.1. The van der Waals surface area contributed by atoms with Crippen LogP contribution < -0.4 is 4.72 Å². The Bertz CT molecular complexity index is 343. The molecule has 6 nitrogen and oxygen atoms in total. The second-order valence-corrected chi connectivity index (χ2v) is 6.58. The van der Waals surface area contributed by atoms with Gasteiger partial charge >= 0.3 is 5.97 Å². The molecule has 0 radical (unpaired) electrons. The van der Waals surface area contributed by atoms with Gasteiger partial charge in [-0.1, -0.05) is 0 Å². The van der Waals surface area contributed by atoms with Crippen LogP contribution in [0, 0.1) is 0 Å². The lowest BCUT2D eigenvalue weighted by Gasteiger charge is -2.23. The lowest BCUT2D eigenvalue weighted by molar-refractivity contribution is -0.156. The normalized spacial score (nSPS) is 14.9. The van der Waals surface area contributed by atoms with Crippen molar-refractivity contribution in [3.8, 4) is 0 Å². The van der Waals surface area contributed by atoms with Gasteiger partial charge in [0.1, 0.15) is 11.6 Å². The van der Waals surface area contributed by atoms with E-state index in [9.17, 15) is 13.2 Å². The standard InChI is InChI=1S/C9H20N2O4S/c1-7(8(12)15-9(2,3)4)10-16(13,14)11(5)6/h7,10H,1-6H3/t7-/m0/s1. The van der Waals surface area contributed by atoms with E-state index in [0.717, 1.165) is 4.31 Å². The molecule has 0 aliphatic heterocycles. The molecule has 0 aromatic carbocycles. The highest BCUT2D eigenvalue weighted by atomic mass is 32.2. The quantitative estimate of drug-likeness (QED) is 0.721. The first kappa shape index (κ1) is 15.3. The molecule has 0 saturated heterocycles. The van der Waals surface area contributed by atoms with Crippen molar-refractivity contribution >= 4 is 16.2 Å². The second kappa shape index (κ2) is 5.11. The monoisotopic (exact) mass is 252 g/mol. The van der Waals surface area contributed by atoms with Crippen LogP contribution in [0.5, 0.6) is 0 Å². The zero-order chi connectivity index (χ0) is 13.1. The summed E-state index contributed by atoms with van der Waals surface area (Å²) in [5.41, 5.74) is -0.630. The van der Waals surface area contributed by atoms with E-state index in [1.165, 1.54) is 21.0 Å². The van der Waals surface area contributed by atoms with Crippen LogP contribution in [0.2, 0.25) is 0 Å². The van der Waals surface area contributed by atoms with E-state index in [-0.39, 0.29) is 0 Å². The summed E-state index contributed by atoms with van der Waals surface area (Å²) in [6, 6.07) is -0.911. The molecule has 0 aliphatic rings. The Labute approximate surface area is 97.1 Å². The maximum absolute atomic E-state index is 11.5. The topological polar surface area (TPSA) is 75.7 Å². The molecular weight excluding hydrogens is 232 g/mol. The highest BCUT2D eigenvalue weighted by Gasteiger charge is 2.26. The summed E-state index contributed by atoms with van der Waals surface area (Å²) >= 11 is 0. The Hall–Kier alpha value is -0.660. The number of ether oxygens (including phenoxy) is 1. The number of esters is 1. The van der Waals surface area contributed by atoms with Crippen LogP contribution in [-0.2, 0) is 19.7 Å². The van der Waals surface area contributed by atoms with E-state index in [1.807, 2.05) is 0 Å². The highest BCUT2D eigenvalue weighted by Crippen LogP contribution is 2.08. The van der Waals surface area contributed by atoms with Crippen LogP contribution in [0.3, 0.4) is 0 Å². The van der Waals surface area contributed by atoms with Gasteiger partial charge in [-0.05, 0) is 27.7 Å². The Morgan fingerprint density at radius 1 is 1.31 bits per heavy atom. The number of rotatable bonds is 4. The molecule has 96 valence electrons. The minimum Gasteiger partial charge on any atom is -0.459 e. The number of hydrogen-bond acceptors (Lipinski definition) is 4. The fourth-order valence-electron chi connectivity index (χ4n) is 0.767. The van der Waals surface area contributed by atoms with Crippen LogP contribution in [0.25, 0.3) is 0 Å². The first-order valence-electron chi connectivity index (χ1n) is 4.88. The molecule has 0 aromatic rings. The summed E-state index contributed by atoms with van der Waals surface area (Å²) in [5.74, 6) is -0.599. The molecule has 1 N–H and O–H groups in total. The van der Waals surface area contributed by atoms with E-state index >= 15 is 0 Å². The molecule has 0 spiro atoms. The summed E-state index contributed by atoms with van der Waals surface area (Å²) in [4.78, 5) is 11.5. The molecule has 1 atom stereocenters. The minimum absolute atomic E-state index is 0.599. The zero-order valence-electron chi connectivity index (χ0n) is 10.6. The van der Waals surface area contributed by atoms with Crippen molar-refractivity contribution < 1.29 is 17.9 Å². The van der Waals surface area contributed by atoms with Gasteiger partial charge in [-0.3, -0.25) is 4.79 Å². The molecule has 0 fully saturated rings. The summed E-state index contributed by atoms with van der Waals surface area (Å²) in [7, 11) is -0.857. The van der Waals surface area contributed by atoms with Crippen molar-refractivity contribution in [1.29, 1.82) is 0 Å². The van der Waals surface area contributed by atoms with E-state index in [1.54, 1.807) is 20.8 Å². The van der Waals surface area contributed by atoms with Crippen LogP contribution >= 0.6 is 0 Å². The Morgan fingerprint density at radius 2 is 1.75 bits per heavy atom. The number of carbonyl (C=O) groups is 1. The van der Waals surface area contributed by atoms with E-state index < -0.39 is 27.8 Å². The molecule has 0 aliphatic carbocycles. The third-order valence-electron chi connectivity index (χ3n) is 1.57. The molecule has 0 saturated carbocycles. The van der Waals surface area contributed by atoms with E-state index in [0.29, 0.717) is 0 Å². The highest BCUT2D eigenvalue weighted by molar-refractivity contribution is 7.87. The predicted octanol–water partition coefficient (Wildman–Crippen LogP) is 0.113. The lowest BCUT2D eigenvalue weighted by Crippen LogP contribution is -2.46. The van der Waals surface area contributed by atoms with Crippen LogP contribution in [-0.4, -0.2) is 44.4 Å². The Kier molecular flexibility index (Phi) is 4.90. The third kappa shape index (κ3) is 5.43. The number of nitrogens with zero attached hydrogens (tertiary/aromatic N) is 1. The molecule has 7 heteroatoms. The van der Waals surface area contributed by atoms with E-state index in [2.05, 4.69) is 4.72 Å². The molecular formula is C9H20N2O4S. The van der Waals surface area contributed by atoms with Gasteiger partial charge < -0.3 is 4.74 Å². The van der Waals surface area contributed by atoms with Gasteiger partial charge in [0.2, 0.25) is 0 Å². The maximum Gasteiger partial charge on any atom is 0.324 e. The van der Waals surface area contributed by atoms with Gasteiger partial charge in [0, 0.05) is 14.1 Å². The smallest absolute Gasteiger partial charge is 0.324 e. The van der Waals surface area contributed by atoms with Crippen molar-refractivity contribution in [2.75, 3.05) is 14.1 Å². The van der Waals surface area contributed by atoms with Gasteiger partial charge in [0.15, 0.2) is 0 Å². The molecule has 16 heavy (non-hydrogen) atoms. The Balaban J connectivity index is 4.50. The number of nitrogens with one attached hydrogen (secondary N) is 1. The van der Waals surface area contributed by atoms with Crippen molar-refractivity contribution in [2.24, 2.45) is 0 Å². The predicted molar refractivity (Wildman–Crippen MR) is 61.0 cm³/mol. The van der Waals surface area contributed by atoms with Gasteiger partial charge in [-0.2, -0.15) is 17.4 Å². The average Bonchev–Trinajstić information content (AvgIpc) is 1.99. The third-order valence-corrected chi connectivity index (χ3v) is 3.18. The largest absolute Gasteiger partial charge is 0.459 e. The second-order valence-electron chi connectivity index (χ2n) is 4.66. The summed E-state index contributed by atoms with van der Waals surface area (Å²) in [6.07, 6.45) is 0. The fraction of sp³-hybridized carbons (Fsp3) is 0.889. The molecule has 0 rings (SSSR count). The van der Waals surface area contributed by atoms with Crippen LogP contribution in [0.15, 0.2) is 0 Å². The molecule has 0 amide bonds. The van der Waals surface area contributed by atoms with Crippen molar-refractivity contribution in [1.82, 2.24) is 9.03 Å². The molecule has 0 aromatic heterocycles. The number of hydrogen-bond donors (Lipinski definition) is 1. The van der Waals surface area contributed by atoms with Gasteiger partial charge in [-0.25, -0.2) is 0 Å². The van der Waals surface area contributed by atoms with Crippen LogP contribution in [0.4, 0.5) is 0 Å². The summed E-state index contributed by atoms with van der Waals surface area (Å²) in [5, 5.41) is 0. The van der Waals surface area contributed by atoms with Crippen molar-refractivity contribution in [3.05, 3.63) is 0 Å². The zero-order valence-corrected chi connectivity index (χ0v) is 11.4. The molecule has 0 bridgehead atoms. The summed E-state index contributed by atoms with van der Waals surface area (Å²) in [6.45, 7) is 6.60. The van der Waals surface area contributed by atoms with Crippen LogP contribution in [0.1, 0.15) is 27.7 Å². The molecule has 0 unspecified atom stereocenters. The first-order chi connectivity index (χ1) is 6.96. The lowest BCUT2D eigenvalue weighted by atomic mass is 10.2. The number of carbonyl (C=O) groups excluding carboxylic acids is 1. The van der Waals surface area contributed by atoms with Crippen molar-refractivity contribution in [2.45, 2.75) is 39.3 Å². The van der Waals surface area contributed by atoms with Gasteiger partial charge in [0.05, 0.1) is 0 Å². The maximum atomic E-state index is 11.5. The Morgan fingerprint density at radius 3 is 2.06 bits per heavy atom. The first-order valence-corrected chi connectivity index (χ1v) is 6.32. The van der Waals surface area contributed by atoms with Gasteiger partial charge in [0.25, 0.3) is 10.2 Å². The van der Waals surface area contributed by atoms with Gasteiger partial charge in [-0.15, -0.1) is 0 Å².